The molecule has 6 nitrogen and oxygen atoms in total. The third-order valence-electron chi connectivity index (χ3n) is 7.21. The molecule has 2 aliphatic rings. The molecular formula is C26H28BrFN4O2S. The number of nitrogens with one attached hydrogen (secondary N) is 1. The van der Waals surface area contributed by atoms with Crippen LogP contribution in [0.25, 0.3) is 0 Å². The molecule has 2 aromatic carbocycles. The number of fused-ring (bicyclic) bond motifs is 2. The third-order valence-corrected chi connectivity index (χ3v) is 8.68. The molecule has 0 spiro atoms. The number of hydrogen-bond donors (Lipinski definition) is 1. The molecule has 0 radical (unpaired) electrons. The number of carbonyl (C=O) groups excluding carboxylic acids is 1. The van der Waals surface area contributed by atoms with Crippen LogP contribution in [0.1, 0.15) is 44.5 Å². The van der Waals surface area contributed by atoms with Crippen molar-refractivity contribution in [2.24, 2.45) is 17.8 Å². The van der Waals surface area contributed by atoms with Crippen LogP contribution in [0, 0.1) is 23.6 Å². The number of anilines is 1. The van der Waals surface area contributed by atoms with Crippen molar-refractivity contribution in [3.63, 3.8) is 0 Å². The molecule has 0 unspecified atom stereocenters. The van der Waals surface area contributed by atoms with E-state index in [2.05, 4.69) is 42.9 Å². The van der Waals surface area contributed by atoms with Crippen LogP contribution in [0.2, 0.25) is 0 Å². The summed E-state index contributed by atoms with van der Waals surface area (Å²) >= 11 is 4.77. The highest BCUT2D eigenvalue weighted by Crippen LogP contribution is 2.52. The van der Waals surface area contributed by atoms with Gasteiger partial charge < -0.3 is 10.1 Å². The molecule has 3 aromatic rings. The van der Waals surface area contributed by atoms with Crippen LogP contribution < -0.4 is 10.1 Å². The lowest BCUT2D eigenvalue weighted by atomic mass is 9.84. The Labute approximate surface area is 217 Å². The molecule has 2 fully saturated rings. The van der Waals surface area contributed by atoms with Gasteiger partial charge in [0.05, 0.1) is 5.75 Å². The summed E-state index contributed by atoms with van der Waals surface area (Å²) in [6, 6.07) is 14.0. The van der Waals surface area contributed by atoms with E-state index in [9.17, 15) is 9.18 Å². The summed E-state index contributed by atoms with van der Waals surface area (Å²) in [5.74, 6) is 2.63. The van der Waals surface area contributed by atoms with E-state index in [0.29, 0.717) is 16.9 Å². The van der Waals surface area contributed by atoms with Crippen molar-refractivity contribution in [2.45, 2.75) is 50.4 Å². The van der Waals surface area contributed by atoms with Crippen molar-refractivity contribution >= 4 is 39.3 Å². The molecule has 1 heterocycles. The summed E-state index contributed by atoms with van der Waals surface area (Å²) in [6.07, 6.45) is 5.13. The number of halogens is 2. The highest BCUT2D eigenvalue weighted by molar-refractivity contribution is 9.10. The van der Waals surface area contributed by atoms with E-state index in [1.165, 1.54) is 43.5 Å². The van der Waals surface area contributed by atoms with Crippen molar-refractivity contribution in [3.8, 4) is 5.75 Å². The minimum Gasteiger partial charge on any atom is -0.483 e. The third kappa shape index (κ3) is 5.56. The molecule has 184 valence electrons. The number of amides is 1. The number of benzene rings is 2. The average Bonchev–Trinajstić information content (AvgIpc) is 3.59. The van der Waals surface area contributed by atoms with Crippen molar-refractivity contribution < 1.29 is 13.9 Å². The van der Waals surface area contributed by atoms with E-state index < -0.39 is 5.82 Å². The number of carbonyl (C=O) groups is 1. The van der Waals surface area contributed by atoms with E-state index in [1.807, 2.05) is 24.3 Å². The molecule has 1 amide bonds. The number of aromatic nitrogens is 3. The van der Waals surface area contributed by atoms with Crippen molar-refractivity contribution in [3.05, 3.63) is 64.6 Å². The van der Waals surface area contributed by atoms with Crippen LogP contribution >= 0.6 is 27.7 Å². The minimum absolute atomic E-state index is 0.108. The highest BCUT2D eigenvalue weighted by atomic mass is 79.9. The fraction of sp³-hybridized carbons (Fsp3) is 0.423. The van der Waals surface area contributed by atoms with E-state index in [4.69, 9.17) is 4.74 Å². The van der Waals surface area contributed by atoms with Gasteiger partial charge in [0.25, 0.3) is 0 Å². The van der Waals surface area contributed by atoms with Gasteiger partial charge in [0.15, 0.2) is 22.5 Å². The smallest absolute Gasteiger partial charge is 0.234 e. The van der Waals surface area contributed by atoms with Crippen LogP contribution in [0.3, 0.4) is 0 Å². The van der Waals surface area contributed by atoms with Crippen LogP contribution in [0.4, 0.5) is 10.1 Å². The minimum atomic E-state index is -0.404. The number of ether oxygens (including phenoxy) is 1. The molecule has 4 atom stereocenters. The molecule has 1 aromatic heterocycles. The van der Waals surface area contributed by atoms with E-state index in [0.717, 1.165) is 22.0 Å². The van der Waals surface area contributed by atoms with Gasteiger partial charge in [0.2, 0.25) is 5.91 Å². The van der Waals surface area contributed by atoms with Gasteiger partial charge in [-0.05, 0) is 80.3 Å². The second kappa shape index (κ2) is 10.7. The number of para-hydroxylation sites is 1. The first-order valence-corrected chi connectivity index (χ1v) is 13.7. The van der Waals surface area contributed by atoms with Gasteiger partial charge in [0.1, 0.15) is 6.61 Å². The van der Waals surface area contributed by atoms with Crippen LogP contribution in [0.15, 0.2) is 58.2 Å². The summed E-state index contributed by atoms with van der Waals surface area (Å²) < 4.78 is 22.9. The molecule has 0 aliphatic heterocycles. The van der Waals surface area contributed by atoms with Gasteiger partial charge in [-0.1, -0.05) is 46.2 Å². The molecule has 1 N–H and O–H groups in total. The molecule has 5 rings (SSSR count). The maximum atomic E-state index is 14.1. The Morgan fingerprint density at radius 1 is 1.20 bits per heavy atom. The Kier molecular flexibility index (Phi) is 7.43. The number of nitrogens with zero attached hydrogens (tertiary/aromatic N) is 3. The molecular weight excluding hydrogens is 531 g/mol. The SMILES string of the molecule is C[C@@H]([C@@H]1C[C@H]2CC[C@H]1C2)n1c(COc2ccccc2F)nnc1SCC(=O)Nc1ccc(Br)cc1. The van der Waals surface area contributed by atoms with Crippen molar-refractivity contribution in [2.75, 3.05) is 11.1 Å². The zero-order valence-corrected chi connectivity index (χ0v) is 21.9. The van der Waals surface area contributed by atoms with Crippen molar-refractivity contribution in [1.82, 2.24) is 14.8 Å². The maximum absolute atomic E-state index is 14.1. The Balaban J connectivity index is 1.31. The zero-order chi connectivity index (χ0) is 24.4. The lowest BCUT2D eigenvalue weighted by molar-refractivity contribution is -0.113. The lowest BCUT2D eigenvalue weighted by Gasteiger charge is -2.30. The predicted molar refractivity (Wildman–Crippen MR) is 138 cm³/mol. The quantitative estimate of drug-likeness (QED) is 0.304. The molecule has 2 aliphatic carbocycles. The second-order valence-corrected chi connectivity index (χ2v) is 11.3. The first kappa shape index (κ1) is 24.3. The van der Waals surface area contributed by atoms with Gasteiger partial charge in [-0.3, -0.25) is 9.36 Å². The van der Waals surface area contributed by atoms with E-state index in [-0.39, 0.29) is 30.1 Å². The van der Waals surface area contributed by atoms with Crippen LogP contribution in [-0.2, 0) is 11.4 Å². The van der Waals surface area contributed by atoms with Gasteiger partial charge in [-0.2, -0.15) is 0 Å². The normalized spacial score (nSPS) is 21.7. The van der Waals surface area contributed by atoms with Gasteiger partial charge >= 0.3 is 0 Å². The topological polar surface area (TPSA) is 69.0 Å². The predicted octanol–water partition coefficient (Wildman–Crippen LogP) is 6.49. The average molecular weight is 560 g/mol. The standard InChI is InChI=1S/C26H28BrFN4O2S/c1-16(21-13-17-6-7-18(21)12-17)32-24(14-34-23-5-3-2-4-22(23)28)30-31-26(32)35-15-25(33)29-20-10-8-19(27)9-11-20/h2-5,8-11,16-18,21H,6-7,12-15H2,1H3,(H,29,33)/t16-,17-,18-,21-/m0/s1. The van der Waals surface area contributed by atoms with Crippen molar-refractivity contribution in [1.29, 1.82) is 0 Å². The highest BCUT2D eigenvalue weighted by Gasteiger charge is 2.43. The Bertz CT molecular complexity index is 1190. The fourth-order valence-corrected chi connectivity index (χ4v) is 6.66. The zero-order valence-electron chi connectivity index (χ0n) is 19.5. The number of thioether (sulfide) groups is 1. The monoisotopic (exact) mass is 558 g/mol. The second-order valence-electron chi connectivity index (χ2n) is 9.41. The van der Waals surface area contributed by atoms with Gasteiger partial charge in [-0.25, -0.2) is 4.39 Å². The molecule has 0 saturated heterocycles. The largest absolute Gasteiger partial charge is 0.483 e. The van der Waals surface area contributed by atoms with Gasteiger partial charge in [-0.15, -0.1) is 10.2 Å². The first-order valence-electron chi connectivity index (χ1n) is 12.0. The van der Waals surface area contributed by atoms with Crippen LogP contribution in [0.5, 0.6) is 5.75 Å². The van der Waals surface area contributed by atoms with E-state index in [1.54, 1.807) is 18.2 Å². The summed E-state index contributed by atoms with van der Waals surface area (Å²) in [7, 11) is 0. The molecule has 9 heteroatoms. The Morgan fingerprint density at radius 3 is 2.71 bits per heavy atom. The molecule has 2 saturated carbocycles. The Hall–Kier alpha value is -2.39. The molecule has 35 heavy (non-hydrogen) atoms. The summed E-state index contributed by atoms with van der Waals surface area (Å²) in [4.78, 5) is 12.6. The fourth-order valence-electron chi connectivity index (χ4n) is 5.55. The van der Waals surface area contributed by atoms with Gasteiger partial charge in [0, 0.05) is 16.2 Å². The Morgan fingerprint density at radius 2 is 2.00 bits per heavy atom. The van der Waals surface area contributed by atoms with Crippen LogP contribution in [-0.4, -0.2) is 26.4 Å². The summed E-state index contributed by atoms with van der Waals surface area (Å²) in [5, 5.41) is 12.4. The summed E-state index contributed by atoms with van der Waals surface area (Å²) in [5.41, 5.74) is 0.745. The first-order chi connectivity index (χ1) is 17.0. The van der Waals surface area contributed by atoms with E-state index >= 15 is 0 Å². The molecule has 2 bridgehead atoms. The summed E-state index contributed by atoms with van der Waals surface area (Å²) in [6.45, 7) is 2.33. The maximum Gasteiger partial charge on any atom is 0.234 e. The lowest BCUT2D eigenvalue weighted by Crippen LogP contribution is -2.25. The number of hydrogen-bond acceptors (Lipinski definition) is 5. The number of rotatable bonds is 9.